The van der Waals surface area contributed by atoms with Crippen molar-refractivity contribution in [1.82, 2.24) is 0 Å². The van der Waals surface area contributed by atoms with Gasteiger partial charge in [0.25, 0.3) is 0 Å². The minimum Gasteiger partial charge on any atom is -0.324 e. The van der Waals surface area contributed by atoms with Crippen molar-refractivity contribution in [2.24, 2.45) is 5.73 Å². The summed E-state index contributed by atoms with van der Waals surface area (Å²) < 4.78 is 13.6. The van der Waals surface area contributed by atoms with Crippen LogP contribution in [-0.2, 0) is 0 Å². The number of nitrogens with two attached hydrogens (primary N) is 1. The lowest BCUT2D eigenvalue weighted by atomic mass is 10.1. The van der Waals surface area contributed by atoms with Gasteiger partial charge in [-0.2, -0.15) is 0 Å². The van der Waals surface area contributed by atoms with Crippen LogP contribution in [0.2, 0.25) is 0 Å². The van der Waals surface area contributed by atoms with Gasteiger partial charge in [-0.25, -0.2) is 4.39 Å². The summed E-state index contributed by atoms with van der Waals surface area (Å²) in [6, 6.07) is 14.6. The van der Waals surface area contributed by atoms with Crippen molar-refractivity contribution in [3.63, 3.8) is 0 Å². The van der Waals surface area contributed by atoms with Gasteiger partial charge in [0, 0.05) is 15.8 Å². The van der Waals surface area contributed by atoms with Crippen LogP contribution in [0.3, 0.4) is 0 Å². The van der Waals surface area contributed by atoms with Crippen molar-refractivity contribution < 1.29 is 4.39 Å². The van der Waals surface area contributed by atoms with Gasteiger partial charge in [-0.15, -0.1) is 0 Å². The fraction of sp³-hybridized carbons (Fsp3) is 0.143. The van der Waals surface area contributed by atoms with E-state index in [1.807, 2.05) is 37.3 Å². The van der Waals surface area contributed by atoms with Crippen LogP contribution in [0, 0.1) is 5.82 Å². The SMILES string of the molecule is CC(N)c1ccccc1Sc1ccccc1F. The molecule has 0 fully saturated rings. The molecule has 2 N–H and O–H groups in total. The Morgan fingerprint density at radius 3 is 2.24 bits per heavy atom. The Kier molecular flexibility index (Phi) is 3.82. The smallest absolute Gasteiger partial charge is 0.137 e. The van der Waals surface area contributed by atoms with Gasteiger partial charge in [0.15, 0.2) is 0 Å². The van der Waals surface area contributed by atoms with Crippen LogP contribution in [0.1, 0.15) is 18.5 Å². The Morgan fingerprint density at radius 2 is 1.59 bits per heavy atom. The third kappa shape index (κ3) is 2.87. The molecule has 0 heterocycles. The summed E-state index contributed by atoms with van der Waals surface area (Å²) in [6.45, 7) is 1.93. The van der Waals surface area contributed by atoms with Gasteiger partial charge in [0.2, 0.25) is 0 Å². The molecule has 0 saturated carbocycles. The first-order valence-electron chi connectivity index (χ1n) is 5.45. The fourth-order valence-electron chi connectivity index (χ4n) is 1.60. The average molecular weight is 247 g/mol. The summed E-state index contributed by atoms with van der Waals surface area (Å²) in [5.41, 5.74) is 6.94. The summed E-state index contributed by atoms with van der Waals surface area (Å²) >= 11 is 1.41. The van der Waals surface area contributed by atoms with Crippen LogP contribution in [0.25, 0.3) is 0 Å². The minimum absolute atomic E-state index is 0.0505. The summed E-state index contributed by atoms with van der Waals surface area (Å²) in [5.74, 6) is -0.197. The number of rotatable bonds is 3. The zero-order valence-electron chi connectivity index (χ0n) is 9.56. The van der Waals surface area contributed by atoms with Gasteiger partial charge < -0.3 is 5.73 Å². The molecule has 0 aromatic heterocycles. The highest BCUT2D eigenvalue weighted by atomic mass is 32.2. The van der Waals surface area contributed by atoms with E-state index in [2.05, 4.69) is 0 Å². The summed E-state index contributed by atoms with van der Waals surface area (Å²) in [5, 5.41) is 0. The Hall–Kier alpha value is -1.32. The van der Waals surface area contributed by atoms with E-state index in [1.165, 1.54) is 17.8 Å². The maximum atomic E-state index is 13.6. The standard InChI is InChI=1S/C14H14FNS/c1-10(16)11-6-2-4-8-13(11)17-14-9-5-3-7-12(14)15/h2-10H,16H2,1H3. The van der Waals surface area contributed by atoms with Crippen LogP contribution in [0.5, 0.6) is 0 Å². The van der Waals surface area contributed by atoms with Crippen LogP contribution >= 0.6 is 11.8 Å². The zero-order chi connectivity index (χ0) is 12.3. The number of halogens is 1. The summed E-state index contributed by atoms with van der Waals surface area (Å²) in [4.78, 5) is 1.63. The first kappa shape index (κ1) is 12.1. The highest BCUT2D eigenvalue weighted by Crippen LogP contribution is 2.33. The predicted octanol–water partition coefficient (Wildman–Crippen LogP) is 4.00. The molecule has 0 bridgehead atoms. The van der Waals surface area contributed by atoms with Crippen LogP contribution in [0.4, 0.5) is 4.39 Å². The molecule has 1 nitrogen and oxygen atoms in total. The topological polar surface area (TPSA) is 26.0 Å². The van der Waals surface area contributed by atoms with Gasteiger partial charge in [0.1, 0.15) is 5.82 Å². The van der Waals surface area contributed by atoms with Crippen LogP contribution in [0.15, 0.2) is 58.3 Å². The van der Waals surface area contributed by atoms with E-state index < -0.39 is 0 Å². The zero-order valence-corrected chi connectivity index (χ0v) is 10.4. The van der Waals surface area contributed by atoms with E-state index in [0.29, 0.717) is 4.90 Å². The van der Waals surface area contributed by atoms with E-state index in [0.717, 1.165) is 10.5 Å². The van der Waals surface area contributed by atoms with Gasteiger partial charge in [-0.1, -0.05) is 42.1 Å². The number of hydrogen-bond donors (Lipinski definition) is 1. The lowest BCUT2D eigenvalue weighted by Gasteiger charge is -2.12. The molecule has 88 valence electrons. The average Bonchev–Trinajstić information content (AvgIpc) is 2.32. The van der Waals surface area contributed by atoms with E-state index in [9.17, 15) is 4.39 Å². The molecule has 0 spiro atoms. The second kappa shape index (κ2) is 5.34. The van der Waals surface area contributed by atoms with Crippen molar-refractivity contribution in [2.45, 2.75) is 22.8 Å². The van der Waals surface area contributed by atoms with Crippen molar-refractivity contribution in [3.8, 4) is 0 Å². The third-order valence-corrected chi connectivity index (χ3v) is 3.61. The molecule has 2 rings (SSSR count). The lowest BCUT2D eigenvalue weighted by Crippen LogP contribution is -2.06. The van der Waals surface area contributed by atoms with Gasteiger partial charge >= 0.3 is 0 Å². The maximum absolute atomic E-state index is 13.6. The van der Waals surface area contributed by atoms with Crippen molar-refractivity contribution in [3.05, 3.63) is 59.9 Å². The fourth-order valence-corrected chi connectivity index (χ4v) is 2.66. The Balaban J connectivity index is 2.34. The van der Waals surface area contributed by atoms with Crippen molar-refractivity contribution in [1.29, 1.82) is 0 Å². The second-order valence-electron chi connectivity index (χ2n) is 3.86. The quantitative estimate of drug-likeness (QED) is 0.887. The molecule has 1 unspecified atom stereocenters. The van der Waals surface area contributed by atoms with Gasteiger partial charge in [-0.05, 0) is 30.7 Å². The second-order valence-corrected chi connectivity index (χ2v) is 4.94. The van der Waals surface area contributed by atoms with Crippen LogP contribution in [-0.4, -0.2) is 0 Å². The number of benzene rings is 2. The minimum atomic E-state index is -0.197. The highest BCUT2D eigenvalue weighted by Gasteiger charge is 2.09. The molecular formula is C14H14FNS. The Labute approximate surface area is 105 Å². The molecule has 17 heavy (non-hydrogen) atoms. The highest BCUT2D eigenvalue weighted by molar-refractivity contribution is 7.99. The first-order chi connectivity index (χ1) is 8.18. The largest absolute Gasteiger partial charge is 0.324 e. The number of hydrogen-bond acceptors (Lipinski definition) is 2. The molecule has 1 atom stereocenters. The molecule has 0 saturated heterocycles. The van der Waals surface area contributed by atoms with Gasteiger partial charge in [0.05, 0.1) is 0 Å². The van der Waals surface area contributed by atoms with E-state index in [1.54, 1.807) is 12.1 Å². The third-order valence-electron chi connectivity index (χ3n) is 2.47. The summed E-state index contributed by atoms with van der Waals surface area (Å²) in [7, 11) is 0. The molecule has 2 aromatic carbocycles. The molecule has 2 aromatic rings. The summed E-state index contributed by atoms with van der Waals surface area (Å²) in [6.07, 6.45) is 0. The maximum Gasteiger partial charge on any atom is 0.137 e. The predicted molar refractivity (Wildman–Crippen MR) is 69.6 cm³/mol. The molecule has 0 radical (unpaired) electrons. The molecule has 3 heteroatoms. The van der Waals surface area contributed by atoms with E-state index >= 15 is 0 Å². The van der Waals surface area contributed by atoms with E-state index in [-0.39, 0.29) is 11.9 Å². The monoisotopic (exact) mass is 247 g/mol. The molecule has 0 aliphatic heterocycles. The lowest BCUT2D eigenvalue weighted by molar-refractivity contribution is 0.602. The van der Waals surface area contributed by atoms with Crippen molar-refractivity contribution in [2.75, 3.05) is 0 Å². The Morgan fingerprint density at radius 1 is 1.00 bits per heavy atom. The van der Waals surface area contributed by atoms with Crippen LogP contribution < -0.4 is 5.73 Å². The van der Waals surface area contributed by atoms with E-state index in [4.69, 9.17) is 5.73 Å². The molecule has 0 aliphatic carbocycles. The first-order valence-corrected chi connectivity index (χ1v) is 6.27. The van der Waals surface area contributed by atoms with Crippen molar-refractivity contribution >= 4 is 11.8 Å². The normalized spacial score (nSPS) is 12.4. The Bertz CT molecular complexity index is 511. The molecule has 0 amide bonds. The molecule has 0 aliphatic rings. The molecular weight excluding hydrogens is 233 g/mol. The van der Waals surface area contributed by atoms with Gasteiger partial charge in [-0.3, -0.25) is 0 Å².